The van der Waals surface area contributed by atoms with Gasteiger partial charge in [0.2, 0.25) is 0 Å². The highest BCUT2D eigenvalue weighted by Gasteiger charge is 2.37. The van der Waals surface area contributed by atoms with Gasteiger partial charge in [-0.2, -0.15) is 0 Å². The topological polar surface area (TPSA) is 21.3 Å². The van der Waals surface area contributed by atoms with Gasteiger partial charge in [-0.1, -0.05) is 30.3 Å². The summed E-state index contributed by atoms with van der Waals surface area (Å²) in [6.07, 6.45) is 4.24. The van der Waals surface area contributed by atoms with Crippen LogP contribution < -0.4 is 5.32 Å². The fraction of sp³-hybridized carbons (Fsp3) is 0.538. The number of benzene rings is 1. The van der Waals surface area contributed by atoms with Gasteiger partial charge < -0.3 is 10.1 Å². The molecule has 1 aliphatic carbocycles. The lowest BCUT2D eigenvalue weighted by Gasteiger charge is -2.46. The van der Waals surface area contributed by atoms with E-state index in [1.165, 1.54) is 24.8 Å². The lowest BCUT2D eigenvalue weighted by atomic mass is 9.81. The van der Waals surface area contributed by atoms with Crippen LogP contribution in [0, 0.1) is 0 Å². The minimum absolute atomic E-state index is 0.482. The summed E-state index contributed by atoms with van der Waals surface area (Å²) in [6, 6.07) is 11.9. The van der Waals surface area contributed by atoms with E-state index in [1.54, 1.807) is 0 Å². The summed E-state index contributed by atoms with van der Waals surface area (Å²) in [5.41, 5.74) is 1.28. The molecular formula is C13H17NO. The van der Waals surface area contributed by atoms with Crippen LogP contribution in [-0.4, -0.2) is 18.2 Å². The highest BCUT2D eigenvalue weighted by atomic mass is 16.5. The van der Waals surface area contributed by atoms with Crippen LogP contribution in [0.2, 0.25) is 0 Å². The molecule has 1 unspecified atom stereocenters. The zero-order chi connectivity index (χ0) is 10.1. The largest absolute Gasteiger partial charge is 0.373 e. The number of rotatable bonds is 3. The van der Waals surface area contributed by atoms with Gasteiger partial charge in [0.1, 0.15) is 0 Å². The summed E-state index contributed by atoms with van der Waals surface area (Å²) >= 11 is 0. The molecule has 2 bridgehead atoms. The maximum Gasteiger partial charge on any atom is 0.0720 e. The Bertz CT molecular complexity index is 309. The molecule has 0 radical (unpaired) electrons. The fourth-order valence-corrected chi connectivity index (χ4v) is 2.64. The zero-order valence-corrected chi connectivity index (χ0v) is 8.86. The van der Waals surface area contributed by atoms with E-state index >= 15 is 0 Å². The molecule has 1 N–H and O–H groups in total. The second-order valence-electron chi connectivity index (χ2n) is 4.69. The van der Waals surface area contributed by atoms with Crippen LogP contribution in [0.1, 0.15) is 24.8 Å². The normalized spacial score (nSPS) is 33.5. The molecule has 0 amide bonds. The minimum atomic E-state index is 0.482. The van der Waals surface area contributed by atoms with Crippen molar-refractivity contribution in [2.75, 3.05) is 0 Å². The molecule has 1 aromatic carbocycles. The van der Waals surface area contributed by atoms with E-state index in [1.807, 2.05) is 6.07 Å². The van der Waals surface area contributed by atoms with Crippen molar-refractivity contribution >= 4 is 0 Å². The Balaban J connectivity index is 1.50. The van der Waals surface area contributed by atoms with Crippen molar-refractivity contribution in [1.29, 1.82) is 0 Å². The van der Waals surface area contributed by atoms with E-state index < -0.39 is 0 Å². The first-order valence-electron chi connectivity index (χ1n) is 5.82. The number of piperidine rings is 1. The van der Waals surface area contributed by atoms with E-state index in [0.717, 1.165) is 18.7 Å². The summed E-state index contributed by atoms with van der Waals surface area (Å²) in [7, 11) is 0. The van der Waals surface area contributed by atoms with Gasteiger partial charge in [-0.15, -0.1) is 0 Å². The van der Waals surface area contributed by atoms with Crippen molar-refractivity contribution in [3.8, 4) is 0 Å². The molecule has 2 heterocycles. The predicted octanol–water partition coefficient (Wildman–Crippen LogP) is 2.10. The van der Waals surface area contributed by atoms with E-state index in [9.17, 15) is 0 Å². The van der Waals surface area contributed by atoms with Crippen molar-refractivity contribution < 1.29 is 4.74 Å². The molecule has 2 nitrogen and oxygen atoms in total. The monoisotopic (exact) mass is 203 g/mol. The first-order chi connectivity index (χ1) is 7.40. The van der Waals surface area contributed by atoms with Crippen LogP contribution in [0.15, 0.2) is 30.3 Å². The van der Waals surface area contributed by atoms with Gasteiger partial charge >= 0.3 is 0 Å². The van der Waals surface area contributed by atoms with Crippen LogP contribution in [-0.2, 0) is 11.3 Å². The van der Waals surface area contributed by atoms with Crippen LogP contribution >= 0.6 is 0 Å². The highest BCUT2D eigenvalue weighted by molar-refractivity contribution is 5.13. The molecule has 1 saturated carbocycles. The average molecular weight is 203 g/mol. The third-order valence-electron chi connectivity index (χ3n) is 3.46. The second kappa shape index (κ2) is 3.95. The van der Waals surface area contributed by atoms with Gasteiger partial charge in [0.05, 0.1) is 12.7 Å². The standard InChI is InChI=1S/C13H17NO/c1-2-4-10(5-3-1)9-15-13-7-11-6-12(8-13)14-11/h1-5,11-14H,6-9H2/t11-,12?,13-/m0/s1. The average Bonchev–Trinajstić information content (AvgIpc) is 2.27. The maximum atomic E-state index is 5.93. The zero-order valence-electron chi connectivity index (χ0n) is 8.86. The molecule has 80 valence electrons. The molecular weight excluding hydrogens is 186 g/mol. The maximum absolute atomic E-state index is 5.93. The van der Waals surface area contributed by atoms with Gasteiger partial charge in [0.25, 0.3) is 0 Å². The Morgan fingerprint density at radius 2 is 1.73 bits per heavy atom. The van der Waals surface area contributed by atoms with Gasteiger partial charge in [-0.3, -0.25) is 0 Å². The van der Waals surface area contributed by atoms with Gasteiger partial charge in [-0.05, 0) is 24.8 Å². The Morgan fingerprint density at radius 3 is 2.40 bits per heavy atom. The van der Waals surface area contributed by atoms with E-state index in [-0.39, 0.29) is 0 Å². The van der Waals surface area contributed by atoms with Gasteiger partial charge in [0, 0.05) is 12.1 Å². The van der Waals surface area contributed by atoms with Gasteiger partial charge in [0.15, 0.2) is 0 Å². The van der Waals surface area contributed by atoms with Crippen LogP contribution in [0.4, 0.5) is 0 Å². The fourth-order valence-electron chi connectivity index (χ4n) is 2.64. The smallest absolute Gasteiger partial charge is 0.0720 e. The minimum Gasteiger partial charge on any atom is -0.373 e. The first kappa shape index (κ1) is 9.37. The Labute approximate surface area is 90.6 Å². The molecule has 2 aliphatic heterocycles. The molecule has 3 aliphatic rings. The summed E-state index contributed by atoms with van der Waals surface area (Å²) in [4.78, 5) is 0. The number of fused-ring (bicyclic) bond motifs is 2. The van der Waals surface area contributed by atoms with Crippen LogP contribution in [0.25, 0.3) is 0 Å². The molecule has 3 fully saturated rings. The van der Waals surface area contributed by atoms with Gasteiger partial charge in [-0.25, -0.2) is 0 Å². The Kier molecular flexibility index (Phi) is 2.47. The third-order valence-corrected chi connectivity index (χ3v) is 3.46. The molecule has 3 atom stereocenters. The first-order valence-corrected chi connectivity index (χ1v) is 5.82. The third kappa shape index (κ3) is 2.06. The summed E-state index contributed by atoms with van der Waals surface area (Å²) in [6.45, 7) is 0.769. The molecule has 0 spiro atoms. The van der Waals surface area contributed by atoms with Crippen molar-refractivity contribution in [2.24, 2.45) is 0 Å². The lowest BCUT2D eigenvalue weighted by Crippen LogP contribution is -2.59. The number of nitrogens with one attached hydrogen (secondary N) is 1. The molecule has 15 heavy (non-hydrogen) atoms. The predicted molar refractivity (Wildman–Crippen MR) is 59.6 cm³/mol. The molecule has 2 heteroatoms. The number of hydrogen-bond donors (Lipinski definition) is 1. The second-order valence-corrected chi connectivity index (χ2v) is 4.69. The Hall–Kier alpha value is -0.860. The van der Waals surface area contributed by atoms with Crippen molar-refractivity contribution in [3.05, 3.63) is 35.9 Å². The number of ether oxygens (including phenoxy) is 1. The van der Waals surface area contributed by atoms with E-state index in [0.29, 0.717) is 6.10 Å². The quantitative estimate of drug-likeness (QED) is 0.812. The van der Waals surface area contributed by atoms with Crippen molar-refractivity contribution in [2.45, 2.75) is 44.1 Å². The highest BCUT2D eigenvalue weighted by Crippen LogP contribution is 2.30. The number of hydrogen-bond acceptors (Lipinski definition) is 2. The summed E-state index contributed by atoms with van der Waals surface area (Å²) < 4.78 is 5.93. The van der Waals surface area contributed by atoms with E-state index in [2.05, 4.69) is 29.6 Å². The van der Waals surface area contributed by atoms with E-state index in [4.69, 9.17) is 4.74 Å². The molecule has 0 aromatic heterocycles. The van der Waals surface area contributed by atoms with Crippen LogP contribution in [0.3, 0.4) is 0 Å². The SMILES string of the molecule is c1ccc(CO[C@@H]2CC3C[C@@H](C2)N3)cc1. The van der Waals surface area contributed by atoms with Crippen LogP contribution in [0.5, 0.6) is 0 Å². The summed E-state index contributed by atoms with van der Waals surface area (Å²) in [5.74, 6) is 0. The van der Waals surface area contributed by atoms with Crippen molar-refractivity contribution in [1.82, 2.24) is 5.32 Å². The molecule has 2 saturated heterocycles. The molecule has 4 rings (SSSR count). The van der Waals surface area contributed by atoms with Crippen molar-refractivity contribution in [3.63, 3.8) is 0 Å². The Morgan fingerprint density at radius 1 is 1.07 bits per heavy atom. The molecule has 1 aromatic rings. The lowest BCUT2D eigenvalue weighted by molar-refractivity contribution is -0.0305. The summed E-state index contributed by atoms with van der Waals surface area (Å²) in [5, 5.41) is 3.53.